The van der Waals surface area contributed by atoms with Crippen molar-refractivity contribution in [2.24, 2.45) is 0 Å². The van der Waals surface area contributed by atoms with Crippen molar-refractivity contribution in [3.63, 3.8) is 0 Å². The first-order valence-electron chi connectivity index (χ1n) is 6.88. The molecule has 0 spiro atoms. The highest BCUT2D eigenvalue weighted by Gasteiger charge is 2.25. The molecule has 3 atom stereocenters. The van der Waals surface area contributed by atoms with Crippen molar-refractivity contribution in [2.45, 2.75) is 37.3 Å². The number of hydrogen-bond donors (Lipinski definition) is 1. The van der Waals surface area contributed by atoms with E-state index < -0.39 is 0 Å². The Labute approximate surface area is 119 Å². The molecule has 0 aliphatic carbocycles. The average molecular weight is 282 g/mol. The lowest BCUT2D eigenvalue weighted by Gasteiger charge is -2.38. The predicted molar refractivity (Wildman–Crippen MR) is 82.6 cm³/mol. The fourth-order valence-electron chi connectivity index (χ4n) is 2.69. The SMILES string of the molecule is CNC(C)c1cc(F)ccc1N1CC(C)SC(C)C1. The molecule has 106 valence electrons. The van der Waals surface area contributed by atoms with Crippen molar-refractivity contribution < 1.29 is 4.39 Å². The maximum absolute atomic E-state index is 13.5. The van der Waals surface area contributed by atoms with Gasteiger partial charge in [-0.15, -0.1) is 0 Å². The number of rotatable bonds is 3. The Bertz CT molecular complexity index is 428. The number of nitrogens with zero attached hydrogens (tertiary/aromatic N) is 1. The maximum atomic E-state index is 13.5. The van der Waals surface area contributed by atoms with Gasteiger partial charge in [-0.1, -0.05) is 13.8 Å². The monoisotopic (exact) mass is 282 g/mol. The normalized spacial score (nSPS) is 25.4. The lowest BCUT2D eigenvalue weighted by atomic mass is 10.0. The molecule has 1 aliphatic rings. The summed E-state index contributed by atoms with van der Waals surface area (Å²) in [5.41, 5.74) is 2.22. The molecule has 0 saturated carbocycles. The second-order valence-electron chi connectivity index (χ2n) is 5.38. The Hall–Kier alpha value is -0.740. The third-order valence-corrected chi connectivity index (χ3v) is 4.88. The van der Waals surface area contributed by atoms with E-state index in [-0.39, 0.29) is 11.9 Å². The minimum absolute atomic E-state index is 0.158. The molecule has 0 amide bonds. The molecule has 3 unspecified atom stereocenters. The van der Waals surface area contributed by atoms with Crippen LogP contribution in [0.15, 0.2) is 18.2 Å². The van der Waals surface area contributed by atoms with Gasteiger partial charge in [-0.3, -0.25) is 0 Å². The van der Waals surface area contributed by atoms with Crippen LogP contribution in [0.2, 0.25) is 0 Å². The first-order chi connectivity index (χ1) is 9.01. The first kappa shape index (κ1) is 14.7. The van der Waals surface area contributed by atoms with Gasteiger partial charge in [-0.25, -0.2) is 4.39 Å². The zero-order chi connectivity index (χ0) is 14.0. The molecule has 1 fully saturated rings. The van der Waals surface area contributed by atoms with Gasteiger partial charge in [0, 0.05) is 35.3 Å². The van der Waals surface area contributed by atoms with Gasteiger partial charge < -0.3 is 10.2 Å². The number of benzene rings is 1. The Morgan fingerprint density at radius 2 is 1.95 bits per heavy atom. The van der Waals surface area contributed by atoms with E-state index in [0.717, 1.165) is 18.7 Å². The van der Waals surface area contributed by atoms with E-state index in [1.165, 1.54) is 5.69 Å². The van der Waals surface area contributed by atoms with Crippen molar-refractivity contribution in [3.8, 4) is 0 Å². The smallest absolute Gasteiger partial charge is 0.123 e. The van der Waals surface area contributed by atoms with E-state index in [1.54, 1.807) is 12.1 Å². The van der Waals surface area contributed by atoms with Crippen LogP contribution in [-0.2, 0) is 0 Å². The Morgan fingerprint density at radius 1 is 1.32 bits per heavy atom. The zero-order valence-electron chi connectivity index (χ0n) is 12.1. The molecule has 2 nitrogen and oxygen atoms in total. The summed E-state index contributed by atoms with van der Waals surface area (Å²) in [6.07, 6.45) is 0. The molecule has 0 radical (unpaired) electrons. The van der Waals surface area contributed by atoms with Crippen LogP contribution in [0, 0.1) is 5.82 Å². The van der Waals surface area contributed by atoms with Crippen molar-refractivity contribution >= 4 is 17.4 Å². The molecule has 1 aromatic carbocycles. The molecular weight excluding hydrogens is 259 g/mol. The number of nitrogens with one attached hydrogen (secondary N) is 1. The van der Waals surface area contributed by atoms with E-state index in [0.29, 0.717) is 10.5 Å². The van der Waals surface area contributed by atoms with E-state index in [4.69, 9.17) is 0 Å². The van der Waals surface area contributed by atoms with Crippen LogP contribution in [0.3, 0.4) is 0 Å². The van der Waals surface area contributed by atoms with Crippen molar-refractivity contribution in [1.82, 2.24) is 5.32 Å². The van der Waals surface area contributed by atoms with E-state index in [1.807, 2.05) is 24.9 Å². The Morgan fingerprint density at radius 3 is 2.53 bits per heavy atom. The predicted octanol–water partition coefficient (Wildman–Crippen LogP) is 3.44. The van der Waals surface area contributed by atoms with E-state index >= 15 is 0 Å². The lowest BCUT2D eigenvalue weighted by Crippen LogP contribution is -2.41. The van der Waals surface area contributed by atoms with Gasteiger partial charge in [0.25, 0.3) is 0 Å². The van der Waals surface area contributed by atoms with Gasteiger partial charge in [0.2, 0.25) is 0 Å². The van der Waals surface area contributed by atoms with Crippen molar-refractivity contribution in [2.75, 3.05) is 25.0 Å². The average Bonchev–Trinajstić information content (AvgIpc) is 2.36. The highest BCUT2D eigenvalue weighted by Crippen LogP contribution is 2.33. The van der Waals surface area contributed by atoms with Gasteiger partial charge in [0.15, 0.2) is 0 Å². The number of anilines is 1. The molecule has 1 N–H and O–H groups in total. The summed E-state index contributed by atoms with van der Waals surface area (Å²) in [6.45, 7) is 8.66. The van der Waals surface area contributed by atoms with Crippen molar-refractivity contribution in [1.29, 1.82) is 0 Å². The minimum atomic E-state index is -0.159. The van der Waals surface area contributed by atoms with Crippen molar-refractivity contribution in [3.05, 3.63) is 29.6 Å². The zero-order valence-corrected chi connectivity index (χ0v) is 12.9. The highest BCUT2D eigenvalue weighted by atomic mass is 32.2. The second kappa shape index (κ2) is 6.14. The molecule has 0 bridgehead atoms. The Kier molecular flexibility index (Phi) is 4.74. The number of thioether (sulfide) groups is 1. The van der Waals surface area contributed by atoms with Crippen LogP contribution in [0.5, 0.6) is 0 Å². The van der Waals surface area contributed by atoms with Gasteiger partial charge >= 0.3 is 0 Å². The van der Waals surface area contributed by atoms with Crippen LogP contribution in [-0.4, -0.2) is 30.6 Å². The van der Waals surface area contributed by atoms with Crippen LogP contribution in [0.1, 0.15) is 32.4 Å². The largest absolute Gasteiger partial charge is 0.369 e. The summed E-state index contributed by atoms with van der Waals surface area (Å²) in [5, 5.41) is 4.45. The van der Waals surface area contributed by atoms with E-state index in [9.17, 15) is 4.39 Å². The molecule has 19 heavy (non-hydrogen) atoms. The van der Waals surface area contributed by atoms with Gasteiger partial charge in [-0.2, -0.15) is 11.8 Å². The molecule has 1 aliphatic heterocycles. The third kappa shape index (κ3) is 3.42. The van der Waals surface area contributed by atoms with E-state index in [2.05, 4.69) is 31.0 Å². The third-order valence-electron chi connectivity index (χ3n) is 3.65. The summed E-state index contributed by atoms with van der Waals surface area (Å²) in [5.74, 6) is -0.159. The summed E-state index contributed by atoms with van der Waals surface area (Å²) < 4.78 is 13.5. The standard InChI is InChI=1S/C15H23FN2S/c1-10-8-18(9-11(2)19-10)15-6-5-13(16)7-14(15)12(3)17-4/h5-7,10-12,17H,8-9H2,1-4H3. The lowest BCUT2D eigenvalue weighted by molar-refractivity contribution is 0.604. The summed E-state index contributed by atoms with van der Waals surface area (Å²) >= 11 is 2.03. The maximum Gasteiger partial charge on any atom is 0.123 e. The molecule has 1 aromatic rings. The first-order valence-corrected chi connectivity index (χ1v) is 7.82. The topological polar surface area (TPSA) is 15.3 Å². The van der Waals surface area contributed by atoms with Crippen LogP contribution in [0.25, 0.3) is 0 Å². The van der Waals surface area contributed by atoms with Gasteiger partial charge in [0.1, 0.15) is 5.82 Å². The summed E-state index contributed by atoms with van der Waals surface area (Å²) in [4.78, 5) is 2.40. The number of halogens is 1. The van der Waals surface area contributed by atoms with Crippen LogP contribution in [0.4, 0.5) is 10.1 Å². The minimum Gasteiger partial charge on any atom is -0.369 e. The van der Waals surface area contributed by atoms with Crippen LogP contribution >= 0.6 is 11.8 Å². The van der Waals surface area contributed by atoms with Gasteiger partial charge in [-0.05, 0) is 37.7 Å². The summed E-state index contributed by atoms with van der Waals surface area (Å²) in [6, 6.07) is 5.31. The Balaban J connectivity index is 2.32. The quantitative estimate of drug-likeness (QED) is 0.914. The van der Waals surface area contributed by atoms with Gasteiger partial charge in [0.05, 0.1) is 0 Å². The molecule has 1 heterocycles. The molecule has 0 aromatic heterocycles. The fraction of sp³-hybridized carbons (Fsp3) is 0.600. The molecule has 1 saturated heterocycles. The molecule has 4 heteroatoms. The second-order valence-corrected chi connectivity index (χ2v) is 7.26. The summed E-state index contributed by atoms with van der Waals surface area (Å²) in [7, 11) is 1.91. The molecular formula is C15H23FN2S. The van der Waals surface area contributed by atoms with Crippen LogP contribution < -0.4 is 10.2 Å². The molecule has 2 rings (SSSR count). The number of hydrogen-bond acceptors (Lipinski definition) is 3. The highest BCUT2D eigenvalue weighted by molar-refractivity contribution is 8.00. The fourth-order valence-corrected chi connectivity index (χ4v) is 4.02.